The van der Waals surface area contributed by atoms with Crippen molar-refractivity contribution in [3.63, 3.8) is 0 Å². The zero-order valence-electron chi connectivity index (χ0n) is 19.1. The Kier molecular flexibility index (Phi) is 7.79. The summed E-state index contributed by atoms with van der Waals surface area (Å²) in [5.41, 5.74) is 2.53. The number of sulfonamides is 1. The molecule has 1 N–H and O–H groups in total. The van der Waals surface area contributed by atoms with Crippen molar-refractivity contribution in [1.82, 2.24) is 14.5 Å². The molecule has 1 saturated heterocycles. The van der Waals surface area contributed by atoms with E-state index in [1.807, 2.05) is 30.3 Å². The lowest BCUT2D eigenvalue weighted by Gasteiger charge is -2.26. The SMILES string of the molecule is CNC(=O)c1ccc(CN(Cc2cccc(S(=O)(=O)N3CCOCC3)c2)Cc2ccco2)cc1. The van der Waals surface area contributed by atoms with Gasteiger partial charge in [-0.3, -0.25) is 9.69 Å². The maximum atomic E-state index is 13.1. The number of nitrogens with zero attached hydrogens (tertiary/aromatic N) is 2. The lowest BCUT2D eigenvalue weighted by Crippen LogP contribution is -2.40. The molecule has 0 bridgehead atoms. The molecule has 180 valence electrons. The molecule has 3 aromatic rings. The van der Waals surface area contributed by atoms with E-state index in [9.17, 15) is 13.2 Å². The molecule has 0 unspecified atom stereocenters. The van der Waals surface area contributed by atoms with Crippen molar-refractivity contribution in [2.75, 3.05) is 33.4 Å². The van der Waals surface area contributed by atoms with Crippen molar-refractivity contribution in [2.24, 2.45) is 0 Å². The lowest BCUT2D eigenvalue weighted by molar-refractivity contribution is 0.0730. The minimum atomic E-state index is -3.57. The number of hydrogen-bond donors (Lipinski definition) is 1. The predicted octanol–water partition coefficient (Wildman–Crippen LogP) is 2.86. The Bertz CT molecular complexity index is 1190. The van der Waals surface area contributed by atoms with Crippen LogP contribution in [0.5, 0.6) is 0 Å². The van der Waals surface area contributed by atoms with Gasteiger partial charge in [0, 0.05) is 38.8 Å². The third-order valence-corrected chi connectivity index (χ3v) is 7.62. The third-order valence-electron chi connectivity index (χ3n) is 5.72. The van der Waals surface area contributed by atoms with Gasteiger partial charge in [0.2, 0.25) is 10.0 Å². The van der Waals surface area contributed by atoms with Gasteiger partial charge in [0.05, 0.1) is 30.9 Å². The number of rotatable bonds is 9. The summed E-state index contributed by atoms with van der Waals surface area (Å²) in [5, 5.41) is 2.62. The van der Waals surface area contributed by atoms with Gasteiger partial charge in [0.1, 0.15) is 5.76 Å². The molecule has 2 aromatic carbocycles. The molecule has 1 fully saturated rings. The average molecular weight is 484 g/mol. The van der Waals surface area contributed by atoms with Crippen molar-refractivity contribution < 1.29 is 22.4 Å². The smallest absolute Gasteiger partial charge is 0.251 e. The van der Waals surface area contributed by atoms with Gasteiger partial charge in [-0.2, -0.15) is 4.31 Å². The first kappa shape index (κ1) is 24.2. The first-order valence-electron chi connectivity index (χ1n) is 11.2. The molecule has 4 rings (SSSR count). The molecule has 0 saturated carbocycles. The standard InChI is InChI=1S/C25H29N3O5S/c1-26-25(29)22-9-7-20(8-10-22)17-27(19-23-5-3-13-33-23)18-21-4-2-6-24(16-21)34(30,31)28-11-14-32-15-12-28/h2-10,13,16H,11-12,14-15,17-19H2,1H3,(H,26,29). The topological polar surface area (TPSA) is 92.1 Å². The van der Waals surface area contributed by atoms with Crippen molar-refractivity contribution in [3.05, 3.63) is 89.4 Å². The van der Waals surface area contributed by atoms with Crippen LogP contribution in [0.4, 0.5) is 0 Å². The van der Waals surface area contributed by atoms with Crippen LogP contribution in [0.2, 0.25) is 0 Å². The van der Waals surface area contributed by atoms with E-state index in [2.05, 4.69) is 10.2 Å². The summed E-state index contributed by atoms with van der Waals surface area (Å²) in [5.74, 6) is 0.691. The second kappa shape index (κ2) is 11.0. The summed E-state index contributed by atoms with van der Waals surface area (Å²) in [6, 6.07) is 18.3. The zero-order chi connectivity index (χ0) is 24.0. The summed E-state index contributed by atoms with van der Waals surface area (Å²) in [7, 11) is -1.96. The quantitative estimate of drug-likeness (QED) is 0.503. The average Bonchev–Trinajstić information content (AvgIpc) is 3.38. The summed E-state index contributed by atoms with van der Waals surface area (Å²) in [6.45, 7) is 3.25. The number of ether oxygens (including phenoxy) is 1. The molecular weight excluding hydrogens is 454 g/mol. The molecule has 34 heavy (non-hydrogen) atoms. The highest BCUT2D eigenvalue weighted by molar-refractivity contribution is 7.89. The molecule has 1 aliphatic heterocycles. The summed E-state index contributed by atoms with van der Waals surface area (Å²) >= 11 is 0. The highest BCUT2D eigenvalue weighted by Crippen LogP contribution is 2.21. The molecule has 0 radical (unpaired) electrons. The van der Waals surface area contributed by atoms with E-state index in [1.54, 1.807) is 43.6 Å². The fourth-order valence-corrected chi connectivity index (χ4v) is 5.43. The Morgan fingerprint density at radius 1 is 0.971 bits per heavy atom. The van der Waals surface area contributed by atoms with Crippen LogP contribution in [0.25, 0.3) is 0 Å². The monoisotopic (exact) mass is 483 g/mol. The lowest BCUT2D eigenvalue weighted by atomic mass is 10.1. The minimum absolute atomic E-state index is 0.128. The molecule has 0 spiro atoms. The van der Waals surface area contributed by atoms with Gasteiger partial charge in [-0.05, 0) is 47.5 Å². The van der Waals surface area contributed by atoms with Crippen LogP contribution in [-0.4, -0.2) is 56.9 Å². The minimum Gasteiger partial charge on any atom is -0.468 e. The van der Waals surface area contributed by atoms with E-state index in [4.69, 9.17) is 9.15 Å². The van der Waals surface area contributed by atoms with Crippen LogP contribution in [0.3, 0.4) is 0 Å². The number of amides is 1. The fraction of sp³-hybridized carbons (Fsp3) is 0.320. The van der Waals surface area contributed by atoms with Crippen molar-refractivity contribution in [1.29, 1.82) is 0 Å². The van der Waals surface area contributed by atoms with Crippen LogP contribution in [0, 0.1) is 0 Å². The first-order chi connectivity index (χ1) is 16.5. The van der Waals surface area contributed by atoms with E-state index >= 15 is 0 Å². The molecular formula is C25H29N3O5S. The Morgan fingerprint density at radius 3 is 2.38 bits per heavy atom. The number of hydrogen-bond acceptors (Lipinski definition) is 6. The van der Waals surface area contributed by atoms with Crippen LogP contribution in [0.15, 0.2) is 76.2 Å². The van der Waals surface area contributed by atoms with Crippen LogP contribution in [0.1, 0.15) is 27.2 Å². The molecule has 0 aliphatic carbocycles. The largest absolute Gasteiger partial charge is 0.468 e. The Morgan fingerprint density at radius 2 is 1.71 bits per heavy atom. The Balaban J connectivity index is 1.53. The number of furan rings is 1. The van der Waals surface area contributed by atoms with E-state index < -0.39 is 10.0 Å². The van der Waals surface area contributed by atoms with Crippen LogP contribution in [-0.2, 0) is 34.4 Å². The molecule has 0 atom stereocenters. The Hall–Kier alpha value is -2.98. The second-order valence-corrected chi connectivity index (χ2v) is 10.1. The van der Waals surface area contributed by atoms with Gasteiger partial charge in [-0.15, -0.1) is 0 Å². The van der Waals surface area contributed by atoms with Crippen LogP contribution >= 0.6 is 0 Å². The van der Waals surface area contributed by atoms with E-state index in [0.717, 1.165) is 16.9 Å². The number of carbonyl (C=O) groups is 1. The second-order valence-electron chi connectivity index (χ2n) is 8.16. The van der Waals surface area contributed by atoms with E-state index in [0.29, 0.717) is 56.4 Å². The highest BCUT2D eigenvalue weighted by Gasteiger charge is 2.26. The number of carbonyl (C=O) groups excluding carboxylic acids is 1. The normalized spacial score (nSPS) is 14.9. The molecule has 1 aromatic heterocycles. The van der Waals surface area contributed by atoms with Crippen molar-refractivity contribution in [3.8, 4) is 0 Å². The summed E-state index contributed by atoms with van der Waals surface area (Å²) in [6.07, 6.45) is 1.64. The van der Waals surface area contributed by atoms with Gasteiger partial charge in [0.25, 0.3) is 5.91 Å². The van der Waals surface area contributed by atoms with Gasteiger partial charge < -0.3 is 14.5 Å². The fourth-order valence-electron chi connectivity index (χ4n) is 3.95. The maximum Gasteiger partial charge on any atom is 0.251 e. The van der Waals surface area contributed by atoms with Gasteiger partial charge in [-0.25, -0.2) is 8.42 Å². The molecule has 9 heteroatoms. The third kappa shape index (κ3) is 5.92. The highest BCUT2D eigenvalue weighted by atomic mass is 32.2. The first-order valence-corrected chi connectivity index (χ1v) is 12.6. The Labute approximate surface area is 200 Å². The molecule has 1 aliphatic rings. The van der Waals surface area contributed by atoms with Crippen LogP contribution < -0.4 is 5.32 Å². The zero-order valence-corrected chi connectivity index (χ0v) is 20.0. The number of nitrogens with one attached hydrogen (secondary N) is 1. The maximum absolute atomic E-state index is 13.1. The predicted molar refractivity (Wildman–Crippen MR) is 128 cm³/mol. The number of benzene rings is 2. The molecule has 8 nitrogen and oxygen atoms in total. The summed E-state index contributed by atoms with van der Waals surface area (Å²) in [4.78, 5) is 14.3. The van der Waals surface area contributed by atoms with Crippen molar-refractivity contribution >= 4 is 15.9 Å². The van der Waals surface area contributed by atoms with Gasteiger partial charge >= 0.3 is 0 Å². The van der Waals surface area contributed by atoms with E-state index in [-0.39, 0.29) is 5.91 Å². The summed E-state index contributed by atoms with van der Waals surface area (Å²) < 4.78 is 38.5. The molecule has 2 heterocycles. The number of morpholine rings is 1. The molecule has 1 amide bonds. The van der Waals surface area contributed by atoms with Gasteiger partial charge in [-0.1, -0.05) is 24.3 Å². The van der Waals surface area contributed by atoms with E-state index in [1.165, 1.54) is 4.31 Å². The van der Waals surface area contributed by atoms with Gasteiger partial charge in [0.15, 0.2) is 0 Å². The van der Waals surface area contributed by atoms with Crippen molar-refractivity contribution in [2.45, 2.75) is 24.5 Å².